The van der Waals surface area contributed by atoms with Crippen molar-refractivity contribution in [3.8, 4) is 0 Å². The fraction of sp³-hybridized carbons (Fsp3) is 0.333. The number of amides is 1. The molecule has 3 N–H and O–H groups in total. The van der Waals surface area contributed by atoms with Gasteiger partial charge in [-0.15, -0.1) is 0 Å². The van der Waals surface area contributed by atoms with Crippen molar-refractivity contribution in [2.24, 2.45) is 0 Å². The maximum Gasteiger partial charge on any atom is 0.250 e. The molecule has 0 saturated heterocycles. The van der Waals surface area contributed by atoms with Gasteiger partial charge in [-0.25, -0.2) is 26.5 Å². The first kappa shape index (κ1) is 23.2. The number of ether oxygens (including phenoxy) is 1. The fourth-order valence-electron chi connectivity index (χ4n) is 2.84. The predicted octanol–water partition coefficient (Wildman–Crippen LogP) is 1.99. The number of aryl methyl sites for hydroxylation is 1. The standard InChI is InChI=1S/C18H22N4O6S3/c1-11-17(29-18(20-11)21-12(2)23)15-7-8-16(28-15)31(26,27)19-10-13-5-4-6-14(9-13)22-30(3,24)25/h4-7,9,16,19,22H,8,10H2,1-3H3,(H,20,21,23). The van der Waals surface area contributed by atoms with Crippen molar-refractivity contribution < 1.29 is 26.4 Å². The highest BCUT2D eigenvalue weighted by Crippen LogP contribution is 2.35. The van der Waals surface area contributed by atoms with Crippen LogP contribution in [0.25, 0.3) is 5.76 Å². The van der Waals surface area contributed by atoms with Crippen LogP contribution in [0.3, 0.4) is 0 Å². The molecule has 1 aromatic carbocycles. The van der Waals surface area contributed by atoms with E-state index in [1.165, 1.54) is 18.3 Å². The lowest BCUT2D eigenvalue weighted by molar-refractivity contribution is -0.114. The third-order valence-electron chi connectivity index (χ3n) is 4.11. The maximum absolute atomic E-state index is 12.7. The highest BCUT2D eigenvalue weighted by molar-refractivity contribution is 7.92. The molecule has 1 aromatic heterocycles. The van der Waals surface area contributed by atoms with E-state index in [9.17, 15) is 21.6 Å². The van der Waals surface area contributed by atoms with Crippen LogP contribution >= 0.6 is 11.3 Å². The fourth-order valence-corrected chi connectivity index (χ4v) is 5.53. The van der Waals surface area contributed by atoms with Crippen molar-refractivity contribution in [2.45, 2.75) is 32.2 Å². The van der Waals surface area contributed by atoms with E-state index in [1.807, 2.05) is 0 Å². The Balaban J connectivity index is 1.64. The number of carbonyl (C=O) groups excluding carboxylic acids is 1. The highest BCUT2D eigenvalue weighted by Gasteiger charge is 2.33. The quantitative estimate of drug-likeness (QED) is 0.518. The van der Waals surface area contributed by atoms with Crippen LogP contribution in [-0.4, -0.2) is 39.4 Å². The molecule has 1 atom stereocenters. The molecule has 3 rings (SSSR count). The molecule has 0 fully saturated rings. The summed E-state index contributed by atoms with van der Waals surface area (Å²) in [4.78, 5) is 16.1. The Hall–Kier alpha value is -2.48. The van der Waals surface area contributed by atoms with Gasteiger partial charge in [0.1, 0.15) is 5.76 Å². The van der Waals surface area contributed by atoms with E-state index >= 15 is 0 Å². The molecule has 2 aromatic rings. The Bertz CT molecular complexity index is 1230. The normalized spacial score (nSPS) is 16.5. The molecule has 1 aliphatic heterocycles. The SMILES string of the molecule is CC(=O)Nc1nc(C)c(C2=CCC(S(=O)(=O)NCc3cccc(NS(C)(=O)=O)c3)O2)s1. The lowest BCUT2D eigenvalue weighted by Crippen LogP contribution is -2.33. The Morgan fingerprint density at radius 1 is 1.29 bits per heavy atom. The van der Waals surface area contributed by atoms with Gasteiger partial charge in [-0.2, -0.15) is 0 Å². The number of thiazole rings is 1. The number of carbonyl (C=O) groups is 1. The molecule has 0 bridgehead atoms. The third kappa shape index (κ3) is 6.26. The monoisotopic (exact) mass is 486 g/mol. The van der Waals surface area contributed by atoms with Crippen LogP contribution in [0.5, 0.6) is 0 Å². The average Bonchev–Trinajstić information content (AvgIpc) is 3.25. The van der Waals surface area contributed by atoms with Crippen LogP contribution in [0.1, 0.15) is 29.5 Å². The Morgan fingerprint density at radius 3 is 2.71 bits per heavy atom. The number of nitrogens with zero attached hydrogens (tertiary/aromatic N) is 1. The van der Waals surface area contributed by atoms with Gasteiger partial charge < -0.3 is 10.1 Å². The van der Waals surface area contributed by atoms with E-state index in [0.717, 1.165) is 6.26 Å². The first-order valence-electron chi connectivity index (χ1n) is 9.10. The minimum Gasteiger partial charge on any atom is -0.472 e. The number of sulfonamides is 2. The van der Waals surface area contributed by atoms with Crippen LogP contribution in [0.15, 0.2) is 30.3 Å². The molecule has 1 aliphatic rings. The molecular weight excluding hydrogens is 464 g/mol. The molecule has 10 nitrogen and oxygen atoms in total. The molecule has 168 valence electrons. The second kappa shape index (κ2) is 8.94. The van der Waals surface area contributed by atoms with Crippen molar-refractivity contribution in [1.29, 1.82) is 0 Å². The van der Waals surface area contributed by atoms with Gasteiger partial charge in [0.25, 0.3) is 0 Å². The number of rotatable bonds is 8. The van der Waals surface area contributed by atoms with Gasteiger partial charge in [0.05, 0.1) is 16.8 Å². The van der Waals surface area contributed by atoms with Gasteiger partial charge >= 0.3 is 0 Å². The van der Waals surface area contributed by atoms with Crippen LogP contribution in [-0.2, 0) is 36.1 Å². The molecule has 1 unspecified atom stereocenters. The van der Waals surface area contributed by atoms with E-state index in [-0.39, 0.29) is 18.9 Å². The number of benzene rings is 1. The van der Waals surface area contributed by atoms with Crippen LogP contribution in [0.4, 0.5) is 10.8 Å². The summed E-state index contributed by atoms with van der Waals surface area (Å²) in [5.41, 5.74) is 0.448. The molecule has 13 heteroatoms. The van der Waals surface area contributed by atoms with E-state index < -0.39 is 25.5 Å². The van der Waals surface area contributed by atoms with E-state index in [4.69, 9.17) is 4.74 Å². The van der Waals surface area contributed by atoms with E-state index in [0.29, 0.717) is 32.7 Å². The van der Waals surface area contributed by atoms with Gasteiger partial charge in [-0.1, -0.05) is 23.5 Å². The first-order valence-corrected chi connectivity index (χ1v) is 13.4. The molecule has 2 heterocycles. The van der Waals surface area contributed by atoms with Crippen molar-refractivity contribution in [3.05, 3.63) is 46.5 Å². The zero-order chi connectivity index (χ0) is 22.8. The van der Waals surface area contributed by atoms with Gasteiger partial charge in [0.2, 0.25) is 31.4 Å². The lowest BCUT2D eigenvalue weighted by atomic mass is 10.2. The maximum atomic E-state index is 12.7. The zero-order valence-electron chi connectivity index (χ0n) is 17.0. The second-order valence-electron chi connectivity index (χ2n) is 6.91. The number of hydrogen-bond acceptors (Lipinski definition) is 8. The number of hydrogen-bond donors (Lipinski definition) is 3. The third-order valence-corrected chi connectivity index (χ3v) is 7.33. The van der Waals surface area contributed by atoms with Crippen molar-refractivity contribution in [1.82, 2.24) is 9.71 Å². The summed E-state index contributed by atoms with van der Waals surface area (Å²) in [6.07, 6.45) is 2.88. The molecular formula is C18H22N4O6S3. The van der Waals surface area contributed by atoms with Crippen molar-refractivity contribution in [2.75, 3.05) is 16.3 Å². The summed E-state index contributed by atoms with van der Waals surface area (Å²) >= 11 is 1.21. The highest BCUT2D eigenvalue weighted by atomic mass is 32.2. The lowest BCUT2D eigenvalue weighted by Gasteiger charge is -2.15. The summed E-state index contributed by atoms with van der Waals surface area (Å²) in [7, 11) is -7.25. The molecule has 0 aliphatic carbocycles. The summed E-state index contributed by atoms with van der Waals surface area (Å²) in [6.45, 7) is 3.10. The van der Waals surface area contributed by atoms with Gasteiger partial charge in [-0.05, 0) is 30.7 Å². The second-order valence-corrected chi connectivity index (χ2v) is 11.6. The minimum absolute atomic E-state index is 0.0247. The van der Waals surface area contributed by atoms with Crippen LogP contribution in [0.2, 0.25) is 0 Å². The van der Waals surface area contributed by atoms with Crippen LogP contribution in [0, 0.1) is 6.92 Å². The Morgan fingerprint density at radius 2 is 2.03 bits per heavy atom. The van der Waals surface area contributed by atoms with E-state index in [1.54, 1.807) is 37.3 Å². The summed E-state index contributed by atoms with van der Waals surface area (Å²) in [6, 6.07) is 6.43. The molecule has 0 radical (unpaired) electrons. The van der Waals surface area contributed by atoms with Crippen molar-refractivity contribution >= 4 is 53.9 Å². The molecule has 0 spiro atoms. The number of aromatic nitrogens is 1. The summed E-state index contributed by atoms with van der Waals surface area (Å²) < 4.78 is 58.6. The molecule has 0 saturated carbocycles. The van der Waals surface area contributed by atoms with E-state index in [2.05, 4.69) is 19.7 Å². The largest absolute Gasteiger partial charge is 0.472 e. The average molecular weight is 487 g/mol. The minimum atomic E-state index is -3.82. The van der Waals surface area contributed by atoms with Gasteiger partial charge in [-0.3, -0.25) is 9.52 Å². The Kier molecular flexibility index (Phi) is 6.69. The molecule has 31 heavy (non-hydrogen) atoms. The summed E-state index contributed by atoms with van der Waals surface area (Å²) in [5, 5.41) is 3.01. The van der Waals surface area contributed by atoms with Crippen LogP contribution < -0.4 is 14.8 Å². The number of nitrogens with one attached hydrogen (secondary N) is 3. The summed E-state index contributed by atoms with van der Waals surface area (Å²) in [5.74, 6) is 0.156. The predicted molar refractivity (Wildman–Crippen MR) is 119 cm³/mol. The first-order chi connectivity index (χ1) is 14.4. The molecule has 1 amide bonds. The van der Waals surface area contributed by atoms with Gasteiger partial charge in [0, 0.05) is 25.6 Å². The smallest absolute Gasteiger partial charge is 0.250 e. The topological polar surface area (TPSA) is 144 Å². The Labute approximate surface area is 184 Å². The number of anilines is 2. The van der Waals surface area contributed by atoms with Crippen molar-refractivity contribution in [3.63, 3.8) is 0 Å². The van der Waals surface area contributed by atoms with Gasteiger partial charge in [0.15, 0.2) is 5.13 Å². The zero-order valence-corrected chi connectivity index (χ0v) is 19.4.